The lowest BCUT2D eigenvalue weighted by molar-refractivity contribution is -0.155. The van der Waals surface area contributed by atoms with E-state index in [0.29, 0.717) is 18.6 Å². The van der Waals surface area contributed by atoms with Gasteiger partial charge in [0.05, 0.1) is 0 Å². The molecule has 0 rings (SSSR count). The van der Waals surface area contributed by atoms with Crippen molar-refractivity contribution >= 4 is 24.5 Å². The first-order valence-electron chi connectivity index (χ1n) is 4.65. The minimum atomic E-state index is -1.39. The van der Waals surface area contributed by atoms with E-state index in [1.165, 1.54) is 0 Å². The zero-order valence-corrected chi connectivity index (χ0v) is 9.22. The van der Waals surface area contributed by atoms with Crippen LogP contribution in [0, 0.1) is 5.41 Å². The van der Waals surface area contributed by atoms with Gasteiger partial charge in [0.25, 0.3) is 0 Å². The number of carboxylic acids is 1. The van der Waals surface area contributed by atoms with Crippen LogP contribution in [0.1, 0.15) is 32.6 Å². The van der Waals surface area contributed by atoms with Gasteiger partial charge < -0.3 is 10.8 Å². The fourth-order valence-corrected chi connectivity index (χ4v) is 1.60. The van der Waals surface area contributed by atoms with Gasteiger partial charge in [-0.1, -0.05) is 13.3 Å². The number of amides is 1. The lowest BCUT2D eigenvalue weighted by Gasteiger charge is -2.23. The number of unbranched alkanes of at least 4 members (excludes halogenated alkanes) is 1. The van der Waals surface area contributed by atoms with Gasteiger partial charge in [-0.2, -0.15) is 12.6 Å². The number of hydrogen-bond donors (Lipinski definition) is 3. The van der Waals surface area contributed by atoms with E-state index in [1.807, 2.05) is 0 Å². The van der Waals surface area contributed by atoms with Crippen molar-refractivity contribution in [3.05, 3.63) is 0 Å². The number of carbonyl (C=O) groups is 2. The number of thiol groups is 1. The van der Waals surface area contributed by atoms with Crippen molar-refractivity contribution in [2.75, 3.05) is 5.75 Å². The van der Waals surface area contributed by atoms with Crippen molar-refractivity contribution in [3.8, 4) is 0 Å². The van der Waals surface area contributed by atoms with E-state index in [1.54, 1.807) is 6.92 Å². The van der Waals surface area contributed by atoms with Crippen LogP contribution in [-0.2, 0) is 9.59 Å². The molecule has 0 spiro atoms. The summed E-state index contributed by atoms with van der Waals surface area (Å²) in [5, 5.41) is 8.97. The first kappa shape index (κ1) is 13.3. The largest absolute Gasteiger partial charge is 0.480 e. The number of carbonyl (C=O) groups excluding carboxylic acids is 1. The molecule has 0 heterocycles. The Labute approximate surface area is 89.3 Å². The lowest BCUT2D eigenvalue weighted by atomic mass is 9.79. The Hall–Kier alpha value is -0.710. The number of nitrogens with two attached hydrogens (primary N) is 1. The highest BCUT2D eigenvalue weighted by molar-refractivity contribution is 7.80. The predicted molar refractivity (Wildman–Crippen MR) is 57.3 cm³/mol. The van der Waals surface area contributed by atoms with Gasteiger partial charge >= 0.3 is 5.97 Å². The van der Waals surface area contributed by atoms with Gasteiger partial charge in [0, 0.05) is 0 Å². The van der Waals surface area contributed by atoms with Gasteiger partial charge in [-0.25, -0.2) is 0 Å². The molecule has 0 aliphatic rings. The monoisotopic (exact) mass is 219 g/mol. The molecule has 0 aliphatic carbocycles. The zero-order valence-electron chi connectivity index (χ0n) is 8.32. The second-order valence-corrected chi connectivity index (χ2v) is 3.73. The van der Waals surface area contributed by atoms with Crippen LogP contribution in [0.15, 0.2) is 0 Å². The molecule has 0 aromatic heterocycles. The molecule has 1 atom stereocenters. The van der Waals surface area contributed by atoms with Gasteiger partial charge in [0.1, 0.15) is 5.41 Å². The van der Waals surface area contributed by atoms with E-state index in [9.17, 15) is 9.59 Å². The fraction of sp³-hybridized carbons (Fsp3) is 0.778. The normalized spacial score (nSPS) is 14.7. The molecule has 0 bridgehead atoms. The molecular weight excluding hydrogens is 202 g/mol. The van der Waals surface area contributed by atoms with E-state index in [-0.39, 0.29) is 6.42 Å². The third kappa shape index (κ3) is 2.90. The minimum absolute atomic E-state index is 0.240. The van der Waals surface area contributed by atoms with Crippen molar-refractivity contribution in [2.45, 2.75) is 32.6 Å². The Bertz CT molecular complexity index is 204. The van der Waals surface area contributed by atoms with Crippen LogP contribution in [0.3, 0.4) is 0 Å². The highest BCUT2D eigenvalue weighted by Gasteiger charge is 2.42. The summed E-state index contributed by atoms with van der Waals surface area (Å²) < 4.78 is 0. The van der Waals surface area contributed by atoms with E-state index in [2.05, 4.69) is 12.6 Å². The summed E-state index contributed by atoms with van der Waals surface area (Å²) in [5.74, 6) is -1.17. The van der Waals surface area contributed by atoms with Crippen LogP contribution >= 0.6 is 12.6 Å². The molecule has 0 saturated heterocycles. The Morgan fingerprint density at radius 1 is 1.43 bits per heavy atom. The summed E-state index contributed by atoms with van der Waals surface area (Å²) in [6.45, 7) is 1.67. The van der Waals surface area contributed by atoms with Crippen LogP contribution in [-0.4, -0.2) is 22.7 Å². The summed E-state index contributed by atoms with van der Waals surface area (Å²) >= 11 is 4.02. The van der Waals surface area contributed by atoms with E-state index in [4.69, 9.17) is 10.8 Å². The predicted octanol–water partition coefficient (Wildman–Crippen LogP) is 1.05. The lowest BCUT2D eigenvalue weighted by Crippen LogP contribution is -2.43. The third-order valence-corrected chi connectivity index (χ3v) is 2.81. The Kier molecular flexibility index (Phi) is 5.60. The van der Waals surface area contributed by atoms with Crippen molar-refractivity contribution in [3.63, 3.8) is 0 Å². The van der Waals surface area contributed by atoms with Crippen LogP contribution in [0.4, 0.5) is 0 Å². The minimum Gasteiger partial charge on any atom is -0.480 e. The maximum absolute atomic E-state index is 11.1. The van der Waals surface area contributed by atoms with E-state index in [0.717, 1.165) is 6.42 Å². The third-order valence-electron chi connectivity index (χ3n) is 2.50. The summed E-state index contributed by atoms with van der Waals surface area (Å²) in [7, 11) is 0. The highest BCUT2D eigenvalue weighted by atomic mass is 32.1. The number of carboxylic acid groups (broad SMARTS) is 1. The first-order valence-corrected chi connectivity index (χ1v) is 5.28. The average Bonchev–Trinajstić information content (AvgIpc) is 2.11. The van der Waals surface area contributed by atoms with Crippen molar-refractivity contribution in [2.24, 2.45) is 11.1 Å². The Balaban J connectivity index is 4.52. The molecular formula is C9H17NO3S. The van der Waals surface area contributed by atoms with Gasteiger partial charge in [0.15, 0.2) is 0 Å². The molecule has 0 saturated carbocycles. The van der Waals surface area contributed by atoms with Crippen LogP contribution in [0.5, 0.6) is 0 Å². The number of rotatable bonds is 7. The van der Waals surface area contributed by atoms with Crippen LogP contribution in [0.25, 0.3) is 0 Å². The Morgan fingerprint density at radius 3 is 2.29 bits per heavy atom. The first-order chi connectivity index (χ1) is 6.51. The van der Waals surface area contributed by atoms with E-state index < -0.39 is 17.3 Å². The van der Waals surface area contributed by atoms with E-state index >= 15 is 0 Å². The Morgan fingerprint density at radius 2 is 2.00 bits per heavy atom. The van der Waals surface area contributed by atoms with Gasteiger partial charge in [-0.05, 0) is 25.0 Å². The molecule has 0 radical (unpaired) electrons. The molecule has 4 nitrogen and oxygen atoms in total. The molecule has 5 heteroatoms. The van der Waals surface area contributed by atoms with Crippen LogP contribution in [0.2, 0.25) is 0 Å². The SMILES string of the molecule is CCC(CCCCS)(C(N)=O)C(=O)O. The average molecular weight is 219 g/mol. The second-order valence-electron chi connectivity index (χ2n) is 3.29. The molecule has 14 heavy (non-hydrogen) atoms. The maximum atomic E-state index is 11.1. The number of hydrogen-bond acceptors (Lipinski definition) is 3. The standard InChI is InChI=1S/C9H17NO3S/c1-2-9(7(10)11,8(12)13)5-3-4-6-14/h14H,2-6H2,1H3,(H2,10,11)(H,12,13). The fourth-order valence-electron chi connectivity index (χ4n) is 1.38. The summed E-state index contributed by atoms with van der Waals surface area (Å²) in [6, 6.07) is 0. The van der Waals surface area contributed by atoms with Crippen molar-refractivity contribution in [1.82, 2.24) is 0 Å². The van der Waals surface area contributed by atoms with Gasteiger partial charge in [-0.3, -0.25) is 9.59 Å². The molecule has 0 aromatic carbocycles. The van der Waals surface area contributed by atoms with Crippen LogP contribution < -0.4 is 5.73 Å². The number of primary amides is 1. The molecule has 82 valence electrons. The zero-order chi connectivity index (χ0) is 11.2. The maximum Gasteiger partial charge on any atom is 0.319 e. The summed E-state index contributed by atoms with van der Waals surface area (Å²) in [6.07, 6.45) is 2.00. The van der Waals surface area contributed by atoms with Crippen molar-refractivity contribution < 1.29 is 14.7 Å². The van der Waals surface area contributed by atoms with Gasteiger partial charge in [-0.15, -0.1) is 0 Å². The molecule has 1 unspecified atom stereocenters. The second kappa shape index (κ2) is 5.90. The topological polar surface area (TPSA) is 80.4 Å². The summed E-state index contributed by atoms with van der Waals surface area (Å²) in [4.78, 5) is 22.1. The highest BCUT2D eigenvalue weighted by Crippen LogP contribution is 2.28. The molecule has 1 amide bonds. The number of aliphatic carboxylic acids is 1. The molecule has 0 fully saturated rings. The van der Waals surface area contributed by atoms with Crippen molar-refractivity contribution in [1.29, 1.82) is 0 Å². The summed E-state index contributed by atoms with van der Waals surface area (Å²) in [5.41, 5.74) is 3.74. The quantitative estimate of drug-likeness (QED) is 0.340. The molecule has 0 aromatic rings. The van der Waals surface area contributed by atoms with Gasteiger partial charge in [0.2, 0.25) is 5.91 Å². The molecule has 3 N–H and O–H groups in total. The smallest absolute Gasteiger partial charge is 0.319 e. The molecule has 0 aliphatic heterocycles.